The van der Waals surface area contributed by atoms with Gasteiger partial charge in [-0.1, -0.05) is 13.2 Å². The summed E-state index contributed by atoms with van der Waals surface area (Å²) in [5.41, 5.74) is 1.10. The number of methoxy groups -OCH3 is 2. The summed E-state index contributed by atoms with van der Waals surface area (Å²) in [6.45, 7) is 11.3. The number of hydrogen-bond acceptors (Lipinski definition) is 10. The SMILES string of the molecule is C=C(C)NC(CC(=O)OCC1CCC(COC(=O)CC(NC(=C)C)C(=O)OC)CC1)C(=O)OC. The summed E-state index contributed by atoms with van der Waals surface area (Å²) in [5.74, 6) is -1.64. The van der Waals surface area contributed by atoms with E-state index < -0.39 is 36.0 Å². The Balaban J connectivity index is 2.35. The second kappa shape index (κ2) is 15.0. The van der Waals surface area contributed by atoms with Crippen LogP contribution in [0, 0.1) is 11.8 Å². The van der Waals surface area contributed by atoms with Gasteiger partial charge in [0, 0.05) is 11.4 Å². The molecule has 2 unspecified atom stereocenters. The van der Waals surface area contributed by atoms with Crippen molar-refractivity contribution in [1.82, 2.24) is 10.6 Å². The minimum atomic E-state index is -0.829. The topological polar surface area (TPSA) is 129 Å². The highest BCUT2D eigenvalue weighted by atomic mass is 16.5. The first-order valence-corrected chi connectivity index (χ1v) is 11.4. The predicted molar refractivity (Wildman–Crippen MR) is 124 cm³/mol. The molecule has 1 aliphatic rings. The summed E-state index contributed by atoms with van der Waals surface area (Å²) < 4.78 is 20.1. The molecular formula is C24H38N2O8. The molecule has 2 N–H and O–H groups in total. The molecule has 192 valence electrons. The largest absolute Gasteiger partial charge is 0.467 e. The maximum absolute atomic E-state index is 12.2. The molecule has 1 aliphatic carbocycles. The standard InChI is InChI=1S/C24H38N2O8/c1-15(2)25-19(23(29)31-5)11-21(27)33-13-17-7-9-18(10-8-17)14-34-22(28)12-20(24(30)32-6)26-16(3)4/h17-20,25-26H,1,3,7-14H2,2,4-6H3. The van der Waals surface area contributed by atoms with Crippen LogP contribution in [0.2, 0.25) is 0 Å². The summed E-state index contributed by atoms with van der Waals surface area (Å²) >= 11 is 0. The van der Waals surface area contributed by atoms with Gasteiger partial charge in [-0.15, -0.1) is 0 Å². The molecule has 0 aliphatic heterocycles. The van der Waals surface area contributed by atoms with Gasteiger partial charge in [0.15, 0.2) is 0 Å². The Kier molecular flexibility index (Phi) is 12.8. The minimum absolute atomic E-state index is 0.141. The van der Waals surface area contributed by atoms with Crippen molar-refractivity contribution in [2.24, 2.45) is 11.8 Å². The molecule has 1 saturated carbocycles. The molecule has 10 heteroatoms. The van der Waals surface area contributed by atoms with Crippen molar-refractivity contribution in [2.75, 3.05) is 27.4 Å². The number of hydrogen-bond donors (Lipinski definition) is 2. The van der Waals surface area contributed by atoms with Gasteiger partial charge in [-0.3, -0.25) is 9.59 Å². The molecule has 0 aromatic heterocycles. The van der Waals surface area contributed by atoms with E-state index in [-0.39, 0.29) is 37.9 Å². The third-order valence-corrected chi connectivity index (χ3v) is 5.48. The van der Waals surface area contributed by atoms with Gasteiger partial charge in [-0.25, -0.2) is 9.59 Å². The van der Waals surface area contributed by atoms with E-state index in [1.54, 1.807) is 13.8 Å². The van der Waals surface area contributed by atoms with Crippen LogP contribution in [0.3, 0.4) is 0 Å². The number of carbonyl (C=O) groups is 4. The van der Waals surface area contributed by atoms with Gasteiger partial charge in [-0.05, 0) is 51.4 Å². The number of allylic oxidation sites excluding steroid dienone is 2. The number of carbonyl (C=O) groups excluding carboxylic acids is 4. The van der Waals surface area contributed by atoms with Crippen molar-refractivity contribution in [3.8, 4) is 0 Å². The second-order valence-electron chi connectivity index (χ2n) is 8.66. The first-order chi connectivity index (χ1) is 16.0. The van der Waals surface area contributed by atoms with Crippen molar-refractivity contribution in [3.05, 3.63) is 24.6 Å². The average molecular weight is 483 g/mol. The monoisotopic (exact) mass is 482 g/mol. The number of esters is 4. The maximum Gasteiger partial charge on any atom is 0.328 e. The van der Waals surface area contributed by atoms with E-state index in [9.17, 15) is 19.2 Å². The fourth-order valence-corrected chi connectivity index (χ4v) is 3.70. The lowest BCUT2D eigenvalue weighted by Gasteiger charge is -2.28. The van der Waals surface area contributed by atoms with Gasteiger partial charge in [0.25, 0.3) is 0 Å². The van der Waals surface area contributed by atoms with Crippen LogP contribution >= 0.6 is 0 Å². The summed E-state index contributed by atoms with van der Waals surface area (Å²) in [4.78, 5) is 47.9. The smallest absolute Gasteiger partial charge is 0.328 e. The van der Waals surface area contributed by atoms with Crippen molar-refractivity contribution in [2.45, 2.75) is 64.5 Å². The molecule has 10 nitrogen and oxygen atoms in total. The Bertz CT molecular complexity index is 681. The minimum Gasteiger partial charge on any atom is -0.467 e. The zero-order chi connectivity index (χ0) is 25.7. The third kappa shape index (κ3) is 11.2. The number of nitrogens with one attached hydrogen (secondary N) is 2. The first-order valence-electron chi connectivity index (χ1n) is 11.4. The summed E-state index contributed by atoms with van der Waals surface area (Å²) in [5, 5.41) is 5.63. The molecule has 0 bridgehead atoms. The lowest BCUT2D eigenvalue weighted by Crippen LogP contribution is -2.39. The van der Waals surface area contributed by atoms with Crippen LogP contribution < -0.4 is 10.6 Å². The number of rotatable bonds is 14. The van der Waals surface area contributed by atoms with Crippen molar-refractivity contribution < 1.29 is 38.1 Å². The average Bonchev–Trinajstić information content (AvgIpc) is 2.79. The Labute approximate surface area is 201 Å². The van der Waals surface area contributed by atoms with E-state index in [1.165, 1.54) is 14.2 Å². The second-order valence-corrected chi connectivity index (χ2v) is 8.66. The Morgan fingerprint density at radius 1 is 0.735 bits per heavy atom. The normalized spacial score (nSPS) is 19.1. The number of ether oxygens (including phenoxy) is 4. The molecule has 0 saturated heterocycles. The molecule has 0 heterocycles. The van der Waals surface area contributed by atoms with E-state index in [0.717, 1.165) is 25.7 Å². The molecule has 0 aromatic rings. The van der Waals surface area contributed by atoms with Gasteiger partial charge in [0.1, 0.15) is 12.1 Å². The Hall–Kier alpha value is -3.04. The predicted octanol–water partition coefficient (Wildman–Crippen LogP) is 1.99. The van der Waals surface area contributed by atoms with Crippen molar-refractivity contribution >= 4 is 23.9 Å². The zero-order valence-corrected chi connectivity index (χ0v) is 20.6. The fourth-order valence-electron chi connectivity index (χ4n) is 3.70. The zero-order valence-electron chi connectivity index (χ0n) is 20.6. The molecule has 1 fully saturated rings. The highest BCUT2D eigenvalue weighted by Crippen LogP contribution is 2.29. The molecule has 1 rings (SSSR count). The van der Waals surface area contributed by atoms with Gasteiger partial charge >= 0.3 is 23.9 Å². The third-order valence-electron chi connectivity index (χ3n) is 5.48. The summed E-state index contributed by atoms with van der Waals surface area (Å²) in [7, 11) is 2.51. The van der Waals surface area contributed by atoms with Crippen LogP contribution in [0.4, 0.5) is 0 Å². The molecule has 0 radical (unpaired) electrons. The van der Waals surface area contributed by atoms with Gasteiger partial charge in [-0.2, -0.15) is 0 Å². The Morgan fingerprint density at radius 2 is 1.06 bits per heavy atom. The maximum atomic E-state index is 12.2. The van der Waals surface area contributed by atoms with E-state index in [4.69, 9.17) is 18.9 Å². The van der Waals surface area contributed by atoms with E-state index in [1.807, 2.05) is 0 Å². The van der Waals surface area contributed by atoms with Crippen LogP contribution in [-0.4, -0.2) is 63.4 Å². The van der Waals surface area contributed by atoms with E-state index in [2.05, 4.69) is 23.8 Å². The first kappa shape index (κ1) is 29.0. The molecule has 34 heavy (non-hydrogen) atoms. The molecule has 0 aromatic carbocycles. The van der Waals surface area contributed by atoms with Crippen LogP contribution in [0.5, 0.6) is 0 Å². The lowest BCUT2D eigenvalue weighted by molar-refractivity contribution is -0.152. The molecule has 0 amide bonds. The van der Waals surface area contributed by atoms with Crippen LogP contribution in [-0.2, 0) is 38.1 Å². The lowest BCUT2D eigenvalue weighted by atomic mass is 9.83. The van der Waals surface area contributed by atoms with Gasteiger partial charge < -0.3 is 29.6 Å². The Morgan fingerprint density at radius 3 is 1.32 bits per heavy atom. The highest BCUT2D eigenvalue weighted by molar-refractivity contribution is 5.83. The molecule has 2 atom stereocenters. The van der Waals surface area contributed by atoms with Gasteiger partial charge in [0.2, 0.25) is 0 Å². The van der Waals surface area contributed by atoms with Crippen LogP contribution in [0.15, 0.2) is 24.6 Å². The van der Waals surface area contributed by atoms with E-state index >= 15 is 0 Å². The van der Waals surface area contributed by atoms with Crippen LogP contribution in [0.25, 0.3) is 0 Å². The molecular weight excluding hydrogens is 444 g/mol. The van der Waals surface area contributed by atoms with E-state index in [0.29, 0.717) is 11.4 Å². The van der Waals surface area contributed by atoms with Crippen molar-refractivity contribution in [3.63, 3.8) is 0 Å². The summed E-state index contributed by atoms with van der Waals surface area (Å²) in [6, 6.07) is -1.66. The highest BCUT2D eigenvalue weighted by Gasteiger charge is 2.27. The van der Waals surface area contributed by atoms with Crippen LogP contribution in [0.1, 0.15) is 52.4 Å². The quantitative estimate of drug-likeness (QED) is 0.280. The molecule has 0 spiro atoms. The van der Waals surface area contributed by atoms with Crippen molar-refractivity contribution in [1.29, 1.82) is 0 Å². The van der Waals surface area contributed by atoms with Gasteiger partial charge in [0.05, 0.1) is 40.3 Å². The fraction of sp³-hybridized carbons (Fsp3) is 0.667. The summed E-state index contributed by atoms with van der Waals surface area (Å²) in [6.07, 6.45) is 3.06.